The molecule has 1 saturated heterocycles. The quantitative estimate of drug-likeness (QED) is 0.680. The SMILES string of the molecule is CC(O)CN1CCN(CC(C)O)C(C)C1. The first kappa shape index (κ1) is 12.9. The maximum atomic E-state index is 9.34. The van der Waals surface area contributed by atoms with Crippen molar-refractivity contribution >= 4 is 0 Å². The molecule has 1 aliphatic rings. The number of rotatable bonds is 4. The van der Waals surface area contributed by atoms with Gasteiger partial charge in [0.05, 0.1) is 12.2 Å². The van der Waals surface area contributed by atoms with E-state index < -0.39 is 0 Å². The molecule has 1 aliphatic heterocycles. The Hall–Kier alpha value is -0.160. The zero-order valence-corrected chi connectivity index (χ0v) is 10.1. The van der Waals surface area contributed by atoms with E-state index in [-0.39, 0.29) is 12.2 Å². The van der Waals surface area contributed by atoms with Gasteiger partial charge in [-0.2, -0.15) is 0 Å². The van der Waals surface area contributed by atoms with Crippen LogP contribution in [-0.2, 0) is 0 Å². The molecule has 0 radical (unpaired) electrons. The lowest BCUT2D eigenvalue weighted by Gasteiger charge is -2.40. The summed E-state index contributed by atoms with van der Waals surface area (Å²) in [4.78, 5) is 4.59. The van der Waals surface area contributed by atoms with Crippen molar-refractivity contribution in [1.82, 2.24) is 9.80 Å². The van der Waals surface area contributed by atoms with Gasteiger partial charge in [-0.15, -0.1) is 0 Å². The van der Waals surface area contributed by atoms with Gasteiger partial charge in [0.1, 0.15) is 0 Å². The van der Waals surface area contributed by atoms with Crippen molar-refractivity contribution in [2.75, 3.05) is 32.7 Å². The lowest BCUT2D eigenvalue weighted by atomic mass is 10.1. The molecule has 3 atom stereocenters. The van der Waals surface area contributed by atoms with E-state index in [9.17, 15) is 10.2 Å². The average molecular weight is 216 g/mol. The van der Waals surface area contributed by atoms with E-state index in [0.29, 0.717) is 6.04 Å². The van der Waals surface area contributed by atoms with Gasteiger partial charge in [0.2, 0.25) is 0 Å². The zero-order chi connectivity index (χ0) is 11.4. The van der Waals surface area contributed by atoms with Crippen molar-refractivity contribution in [3.05, 3.63) is 0 Å². The molecule has 0 aliphatic carbocycles. The first-order valence-corrected chi connectivity index (χ1v) is 5.81. The summed E-state index contributed by atoms with van der Waals surface area (Å²) in [7, 11) is 0. The Morgan fingerprint density at radius 2 is 1.73 bits per heavy atom. The minimum atomic E-state index is -0.254. The molecule has 2 N–H and O–H groups in total. The third-order valence-electron chi connectivity index (χ3n) is 2.87. The van der Waals surface area contributed by atoms with E-state index in [1.165, 1.54) is 0 Å². The third-order valence-corrected chi connectivity index (χ3v) is 2.87. The summed E-state index contributed by atoms with van der Waals surface area (Å²) < 4.78 is 0. The van der Waals surface area contributed by atoms with Crippen molar-refractivity contribution in [3.8, 4) is 0 Å². The standard InChI is InChI=1S/C11H24N2O2/c1-9-6-12(7-10(2)14)4-5-13(9)8-11(3)15/h9-11,14-15H,4-8H2,1-3H3. The molecule has 15 heavy (non-hydrogen) atoms. The molecule has 1 rings (SSSR count). The van der Waals surface area contributed by atoms with Crippen molar-refractivity contribution < 1.29 is 10.2 Å². The van der Waals surface area contributed by atoms with Gasteiger partial charge in [-0.3, -0.25) is 9.80 Å². The van der Waals surface area contributed by atoms with Gasteiger partial charge >= 0.3 is 0 Å². The van der Waals surface area contributed by atoms with Gasteiger partial charge in [-0.1, -0.05) is 0 Å². The molecule has 0 aromatic heterocycles. The van der Waals surface area contributed by atoms with Crippen LogP contribution in [0.1, 0.15) is 20.8 Å². The molecule has 4 heteroatoms. The predicted octanol–water partition coefficient (Wildman–Crippen LogP) is -0.246. The smallest absolute Gasteiger partial charge is 0.0639 e. The molecule has 0 saturated carbocycles. The van der Waals surface area contributed by atoms with E-state index in [4.69, 9.17) is 0 Å². The van der Waals surface area contributed by atoms with Gasteiger partial charge in [0, 0.05) is 38.8 Å². The lowest BCUT2D eigenvalue weighted by Crippen LogP contribution is -2.54. The summed E-state index contributed by atoms with van der Waals surface area (Å²) in [5.41, 5.74) is 0. The number of hydrogen-bond donors (Lipinski definition) is 2. The molecule has 1 fully saturated rings. The molecular weight excluding hydrogens is 192 g/mol. The first-order valence-electron chi connectivity index (χ1n) is 5.81. The largest absolute Gasteiger partial charge is 0.392 e. The number of hydrogen-bond acceptors (Lipinski definition) is 4. The van der Waals surface area contributed by atoms with Crippen LogP contribution >= 0.6 is 0 Å². The molecule has 0 spiro atoms. The number of nitrogens with zero attached hydrogens (tertiary/aromatic N) is 2. The van der Waals surface area contributed by atoms with E-state index in [1.807, 2.05) is 13.8 Å². The van der Waals surface area contributed by atoms with Crippen LogP contribution in [0.5, 0.6) is 0 Å². The number of β-amino-alcohol motifs (C(OH)–C–C–N with tert-alkyl or cyclic N) is 2. The van der Waals surface area contributed by atoms with Crippen LogP contribution < -0.4 is 0 Å². The highest BCUT2D eigenvalue weighted by molar-refractivity contribution is 4.80. The molecular formula is C11H24N2O2. The molecule has 0 aromatic carbocycles. The van der Waals surface area contributed by atoms with Gasteiger partial charge in [-0.05, 0) is 20.8 Å². The van der Waals surface area contributed by atoms with Crippen LogP contribution in [0.25, 0.3) is 0 Å². The van der Waals surface area contributed by atoms with E-state index in [0.717, 1.165) is 32.7 Å². The average Bonchev–Trinajstić information content (AvgIpc) is 2.08. The van der Waals surface area contributed by atoms with Crippen LogP contribution in [0.3, 0.4) is 0 Å². The summed E-state index contributed by atoms with van der Waals surface area (Å²) >= 11 is 0. The Kier molecular flexibility index (Phi) is 4.99. The molecule has 0 aromatic rings. The summed E-state index contributed by atoms with van der Waals surface area (Å²) in [6.45, 7) is 10.3. The second-order valence-electron chi connectivity index (χ2n) is 4.80. The van der Waals surface area contributed by atoms with Gasteiger partial charge < -0.3 is 10.2 Å². The number of piperazine rings is 1. The second-order valence-corrected chi connectivity index (χ2v) is 4.80. The van der Waals surface area contributed by atoms with Crippen molar-refractivity contribution in [3.63, 3.8) is 0 Å². The zero-order valence-electron chi connectivity index (χ0n) is 10.1. The van der Waals surface area contributed by atoms with Crippen LogP contribution in [0.4, 0.5) is 0 Å². The van der Waals surface area contributed by atoms with Crippen molar-refractivity contribution in [1.29, 1.82) is 0 Å². The second kappa shape index (κ2) is 5.80. The number of aliphatic hydroxyl groups is 2. The van der Waals surface area contributed by atoms with E-state index in [2.05, 4.69) is 16.7 Å². The maximum absolute atomic E-state index is 9.34. The van der Waals surface area contributed by atoms with Gasteiger partial charge in [0.25, 0.3) is 0 Å². The fourth-order valence-electron chi connectivity index (χ4n) is 2.22. The Morgan fingerprint density at radius 3 is 2.20 bits per heavy atom. The topological polar surface area (TPSA) is 46.9 Å². The van der Waals surface area contributed by atoms with Crippen molar-refractivity contribution in [2.24, 2.45) is 0 Å². The summed E-state index contributed by atoms with van der Waals surface area (Å²) in [6, 6.07) is 0.465. The monoisotopic (exact) mass is 216 g/mol. The van der Waals surface area contributed by atoms with E-state index >= 15 is 0 Å². The molecule has 4 nitrogen and oxygen atoms in total. The van der Waals surface area contributed by atoms with Crippen LogP contribution in [-0.4, -0.2) is 71.0 Å². The highest BCUT2D eigenvalue weighted by Gasteiger charge is 2.24. The maximum Gasteiger partial charge on any atom is 0.0639 e. The summed E-state index contributed by atoms with van der Waals surface area (Å²) in [5, 5.41) is 18.6. The first-order chi connectivity index (χ1) is 6.99. The molecule has 0 amide bonds. The van der Waals surface area contributed by atoms with Gasteiger partial charge in [-0.25, -0.2) is 0 Å². The Balaban J connectivity index is 2.34. The van der Waals surface area contributed by atoms with Crippen LogP contribution in [0, 0.1) is 0 Å². The Labute approximate surface area is 92.5 Å². The summed E-state index contributed by atoms with van der Waals surface area (Å²) in [6.07, 6.45) is -0.503. The minimum absolute atomic E-state index is 0.250. The van der Waals surface area contributed by atoms with Crippen LogP contribution in [0.2, 0.25) is 0 Å². The fourth-order valence-corrected chi connectivity index (χ4v) is 2.22. The van der Waals surface area contributed by atoms with E-state index in [1.54, 1.807) is 0 Å². The predicted molar refractivity (Wildman–Crippen MR) is 60.8 cm³/mol. The minimum Gasteiger partial charge on any atom is -0.392 e. The highest BCUT2D eigenvalue weighted by Crippen LogP contribution is 2.10. The lowest BCUT2D eigenvalue weighted by molar-refractivity contribution is 0.0276. The molecule has 0 bridgehead atoms. The number of aliphatic hydroxyl groups excluding tert-OH is 2. The third kappa shape index (κ3) is 4.47. The normalized spacial score (nSPS) is 29.0. The van der Waals surface area contributed by atoms with Crippen molar-refractivity contribution in [2.45, 2.75) is 39.0 Å². The van der Waals surface area contributed by atoms with Gasteiger partial charge in [0.15, 0.2) is 0 Å². The fraction of sp³-hybridized carbons (Fsp3) is 1.00. The Morgan fingerprint density at radius 1 is 1.13 bits per heavy atom. The molecule has 90 valence electrons. The summed E-state index contributed by atoms with van der Waals surface area (Å²) in [5.74, 6) is 0. The molecule has 3 unspecified atom stereocenters. The molecule has 1 heterocycles. The Bertz CT molecular complexity index is 185. The van der Waals surface area contributed by atoms with Crippen LogP contribution in [0.15, 0.2) is 0 Å². The highest BCUT2D eigenvalue weighted by atomic mass is 16.3.